The maximum Gasteiger partial charge on any atom is 0.246 e. The third-order valence-electron chi connectivity index (χ3n) is 3.27. The van der Waals surface area contributed by atoms with Crippen LogP contribution in [0.2, 0.25) is 0 Å². The predicted molar refractivity (Wildman–Crippen MR) is 90.0 cm³/mol. The van der Waals surface area contributed by atoms with E-state index in [0.717, 1.165) is 22.6 Å². The lowest BCUT2D eigenvalue weighted by Gasteiger charge is -2.05. The minimum atomic E-state index is -0.158. The van der Waals surface area contributed by atoms with Crippen molar-refractivity contribution in [1.29, 1.82) is 0 Å². The molecule has 5 heteroatoms. The van der Waals surface area contributed by atoms with E-state index in [9.17, 15) is 4.79 Å². The summed E-state index contributed by atoms with van der Waals surface area (Å²) in [5.41, 5.74) is 2.10. The molecule has 0 atom stereocenters. The molecule has 3 rings (SSSR count). The van der Waals surface area contributed by atoms with Gasteiger partial charge in [0, 0.05) is 10.9 Å². The van der Waals surface area contributed by atoms with E-state index in [0.29, 0.717) is 13.2 Å². The van der Waals surface area contributed by atoms with Crippen molar-refractivity contribution in [3.05, 3.63) is 70.6 Å². The van der Waals surface area contributed by atoms with Gasteiger partial charge in [-0.3, -0.25) is 4.79 Å². The van der Waals surface area contributed by atoms with Gasteiger partial charge in [0.05, 0.1) is 13.2 Å². The summed E-state index contributed by atoms with van der Waals surface area (Å²) in [5.74, 6) is 1.38. The topological polar surface area (TPSA) is 51.5 Å². The van der Waals surface area contributed by atoms with E-state index < -0.39 is 0 Å². The van der Waals surface area contributed by atoms with Crippen LogP contribution in [0.1, 0.15) is 11.3 Å². The van der Waals surface area contributed by atoms with Gasteiger partial charge in [0.15, 0.2) is 0 Å². The van der Waals surface area contributed by atoms with E-state index >= 15 is 0 Å². The monoisotopic (exact) mass is 327 g/mol. The molecule has 0 saturated heterocycles. The van der Waals surface area contributed by atoms with Crippen LogP contribution >= 0.6 is 11.3 Å². The van der Waals surface area contributed by atoms with E-state index in [1.807, 2.05) is 59.3 Å². The Hall–Kier alpha value is -2.37. The Morgan fingerprint density at radius 3 is 2.78 bits per heavy atom. The molecule has 2 heterocycles. The van der Waals surface area contributed by atoms with Gasteiger partial charge in [-0.25, -0.2) is 0 Å². The zero-order chi connectivity index (χ0) is 15.9. The summed E-state index contributed by atoms with van der Waals surface area (Å²) in [6.07, 6.45) is 0. The molecule has 118 valence electrons. The molecule has 0 aliphatic carbocycles. The molecule has 0 aliphatic heterocycles. The average Bonchev–Trinajstić information content (AvgIpc) is 3.25. The Morgan fingerprint density at radius 1 is 1.13 bits per heavy atom. The fourth-order valence-corrected chi connectivity index (χ4v) is 2.75. The number of amides is 1. The molecule has 3 aromatic rings. The van der Waals surface area contributed by atoms with Crippen molar-refractivity contribution in [3.8, 4) is 11.3 Å². The molecule has 0 bridgehead atoms. The summed E-state index contributed by atoms with van der Waals surface area (Å²) in [5, 5.41) is 6.82. The van der Waals surface area contributed by atoms with Crippen LogP contribution in [0.15, 0.2) is 63.7 Å². The standard InChI is InChI=1S/C18H17NO3S/c20-18(12-21-11-14-4-2-1-3-5-14)19-10-16-6-7-17(22-16)15-8-9-23-13-15/h1-9,13H,10-12H2,(H,19,20). The summed E-state index contributed by atoms with van der Waals surface area (Å²) in [6.45, 7) is 0.821. The highest BCUT2D eigenvalue weighted by atomic mass is 32.1. The first-order chi connectivity index (χ1) is 11.3. The van der Waals surface area contributed by atoms with Crippen molar-refractivity contribution in [2.24, 2.45) is 0 Å². The van der Waals surface area contributed by atoms with Crippen molar-refractivity contribution in [2.75, 3.05) is 6.61 Å². The first-order valence-electron chi connectivity index (χ1n) is 7.31. The second-order valence-electron chi connectivity index (χ2n) is 5.03. The zero-order valence-electron chi connectivity index (χ0n) is 12.5. The normalized spacial score (nSPS) is 10.6. The molecular formula is C18H17NO3S. The molecule has 23 heavy (non-hydrogen) atoms. The summed E-state index contributed by atoms with van der Waals surface area (Å²) in [4.78, 5) is 11.8. The van der Waals surface area contributed by atoms with Crippen molar-refractivity contribution < 1.29 is 13.9 Å². The highest BCUT2D eigenvalue weighted by molar-refractivity contribution is 7.08. The van der Waals surface area contributed by atoms with Crippen LogP contribution in [-0.4, -0.2) is 12.5 Å². The fourth-order valence-electron chi connectivity index (χ4n) is 2.11. The van der Waals surface area contributed by atoms with Gasteiger partial charge < -0.3 is 14.5 Å². The molecule has 0 radical (unpaired) electrons. The maximum atomic E-state index is 11.8. The first kappa shape index (κ1) is 15.5. The molecule has 0 fully saturated rings. The Bertz CT molecular complexity index is 735. The van der Waals surface area contributed by atoms with Crippen molar-refractivity contribution >= 4 is 17.2 Å². The third kappa shape index (κ3) is 4.55. The zero-order valence-corrected chi connectivity index (χ0v) is 13.3. The summed E-state index contributed by atoms with van der Waals surface area (Å²) in [7, 11) is 0. The van der Waals surface area contributed by atoms with Gasteiger partial charge in [-0.15, -0.1) is 0 Å². The molecule has 4 nitrogen and oxygen atoms in total. The van der Waals surface area contributed by atoms with Crippen LogP contribution in [0.25, 0.3) is 11.3 Å². The lowest BCUT2D eigenvalue weighted by atomic mass is 10.2. The Balaban J connectivity index is 1.41. The molecular weight excluding hydrogens is 310 g/mol. The van der Waals surface area contributed by atoms with Gasteiger partial charge in [0.2, 0.25) is 5.91 Å². The Labute approximate surface area is 138 Å². The van der Waals surface area contributed by atoms with Crippen LogP contribution < -0.4 is 5.32 Å². The number of rotatable bonds is 7. The highest BCUT2D eigenvalue weighted by Crippen LogP contribution is 2.24. The van der Waals surface area contributed by atoms with Crippen LogP contribution in [0.4, 0.5) is 0 Å². The Kier molecular flexibility index (Phi) is 5.24. The largest absolute Gasteiger partial charge is 0.459 e. The Morgan fingerprint density at radius 2 is 2.00 bits per heavy atom. The van der Waals surface area contributed by atoms with Crippen LogP contribution in [0.5, 0.6) is 0 Å². The molecule has 0 aliphatic rings. The van der Waals surface area contributed by atoms with E-state index in [2.05, 4.69) is 5.32 Å². The highest BCUT2D eigenvalue weighted by Gasteiger charge is 2.07. The number of ether oxygens (including phenoxy) is 1. The summed E-state index contributed by atoms with van der Waals surface area (Å²) >= 11 is 1.62. The number of hydrogen-bond donors (Lipinski definition) is 1. The fraction of sp³-hybridized carbons (Fsp3) is 0.167. The van der Waals surface area contributed by atoms with Gasteiger partial charge in [-0.2, -0.15) is 11.3 Å². The first-order valence-corrected chi connectivity index (χ1v) is 8.25. The summed E-state index contributed by atoms with van der Waals surface area (Å²) in [6, 6.07) is 15.6. The third-order valence-corrected chi connectivity index (χ3v) is 3.96. The quantitative estimate of drug-likeness (QED) is 0.717. The number of furan rings is 1. The van der Waals surface area contributed by atoms with Gasteiger partial charge in [0.25, 0.3) is 0 Å². The van der Waals surface area contributed by atoms with E-state index in [1.54, 1.807) is 11.3 Å². The van der Waals surface area contributed by atoms with Crippen LogP contribution in [-0.2, 0) is 22.7 Å². The number of carbonyl (C=O) groups is 1. The SMILES string of the molecule is O=C(COCc1ccccc1)NCc1ccc(-c2ccsc2)o1. The van der Waals surface area contributed by atoms with E-state index in [4.69, 9.17) is 9.15 Å². The smallest absolute Gasteiger partial charge is 0.246 e. The number of hydrogen-bond acceptors (Lipinski definition) is 4. The van der Waals surface area contributed by atoms with Gasteiger partial charge in [-0.1, -0.05) is 30.3 Å². The lowest BCUT2D eigenvalue weighted by Crippen LogP contribution is -2.26. The molecule has 1 N–H and O–H groups in total. The molecule has 0 spiro atoms. The van der Waals surface area contributed by atoms with Crippen LogP contribution in [0.3, 0.4) is 0 Å². The minimum Gasteiger partial charge on any atom is -0.459 e. The number of nitrogens with one attached hydrogen (secondary N) is 1. The van der Waals surface area contributed by atoms with Gasteiger partial charge in [0.1, 0.15) is 18.1 Å². The minimum absolute atomic E-state index is 0.0347. The summed E-state index contributed by atoms with van der Waals surface area (Å²) < 4.78 is 11.1. The number of benzene rings is 1. The molecule has 1 amide bonds. The van der Waals surface area contributed by atoms with E-state index in [-0.39, 0.29) is 12.5 Å². The lowest BCUT2D eigenvalue weighted by molar-refractivity contribution is -0.126. The van der Waals surface area contributed by atoms with Crippen molar-refractivity contribution in [1.82, 2.24) is 5.32 Å². The van der Waals surface area contributed by atoms with Gasteiger partial charge >= 0.3 is 0 Å². The second kappa shape index (κ2) is 7.76. The van der Waals surface area contributed by atoms with Gasteiger partial charge in [-0.05, 0) is 29.1 Å². The van der Waals surface area contributed by atoms with Crippen LogP contribution in [0, 0.1) is 0 Å². The molecule has 2 aromatic heterocycles. The maximum absolute atomic E-state index is 11.8. The molecule has 0 unspecified atom stereocenters. The second-order valence-corrected chi connectivity index (χ2v) is 5.81. The molecule has 1 aromatic carbocycles. The van der Waals surface area contributed by atoms with E-state index in [1.165, 1.54) is 0 Å². The molecule has 0 saturated carbocycles. The average molecular weight is 327 g/mol. The van der Waals surface area contributed by atoms with Crippen molar-refractivity contribution in [2.45, 2.75) is 13.2 Å². The number of carbonyl (C=O) groups excluding carboxylic acids is 1. The van der Waals surface area contributed by atoms with Crippen molar-refractivity contribution in [3.63, 3.8) is 0 Å². The number of thiophene rings is 1. The predicted octanol–water partition coefficient (Wildman–Crippen LogP) is 3.84.